The van der Waals surface area contributed by atoms with Gasteiger partial charge in [0.25, 0.3) is 5.91 Å². The number of piperazine rings is 1. The van der Waals surface area contributed by atoms with E-state index in [2.05, 4.69) is 10.2 Å². The van der Waals surface area contributed by atoms with Crippen molar-refractivity contribution in [2.24, 2.45) is 5.92 Å². The molecule has 30 heavy (non-hydrogen) atoms. The molecule has 2 aliphatic rings. The van der Waals surface area contributed by atoms with Gasteiger partial charge in [-0.3, -0.25) is 4.79 Å². The lowest BCUT2D eigenvalue weighted by atomic mass is 10.1. The van der Waals surface area contributed by atoms with Crippen LogP contribution in [0.2, 0.25) is 0 Å². The first-order valence-electron chi connectivity index (χ1n) is 10.4. The summed E-state index contributed by atoms with van der Waals surface area (Å²) >= 11 is 0. The SMILES string of the molecule is Cc1ccc(C(=O)N2CCN(C(=O)NCC3CCN(c4ccc(F)cc4)C3)CC2)o1. The van der Waals surface area contributed by atoms with Crippen LogP contribution in [0.15, 0.2) is 40.8 Å². The van der Waals surface area contributed by atoms with Crippen molar-refractivity contribution in [2.75, 3.05) is 50.7 Å². The number of anilines is 1. The van der Waals surface area contributed by atoms with E-state index < -0.39 is 0 Å². The number of amides is 3. The standard InChI is InChI=1S/C22H27FN4O3/c1-16-2-7-20(30-16)21(28)25-10-12-26(13-11-25)22(29)24-14-17-8-9-27(15-17)19-5-3-18(23)4-6-19/h2-7,17H,8-15H2,1H3,(H,24,29). The number of nitrogens with zero attached hydrogens (tertiary/aromatic N) is 3. The first-order chi connectivity index (χ1) is 14.5. The summed E-state index contributed by atoms with van der Waals surface area (Å²) in [6, 6.07) is 9.91. The molecule has 1 aromatic heterocycles. The first kappa shape index (κ1) is 20.3. The molecule has 2 saturated heterocycles. The molecule has 1 N–H and O–H groups in total. The lowest BCUT2D eigenvalue weighted by Gasteiger charge is -2.34. The number of urea groups is 1. The fourth-order valence-corrected chi connectivity index (χ4v) is 4.05. The predicted molar refractivity (Wildman–Crippen MR) is 111 cm³/mol. The average molecular weight is 414 g/mol. The summed E-state index contributed by atoms with van der Waals surface area (Å²) in [7, 11) is 0. The molecule has 1 atom stereocenters. The van der Waals surface area contributed by atoms with Gasteiger partial charge in [0.1, 0.15) is 11.6 Å². The molecule has 3 amide bonds. The molecule has 0 spiro atoms. The van der Waals surface area contributed by atoms with Gasteiger partial charge in [-0.1, -0.05) is 0 Å². The van der Waals surface area contributed by atoms with Gasteiger partial charge in [-0.05, 0) is 55.7 Å². The molecule has 0 bridgehead atoms. The van der Waals surface area contributed by atoms with Gasteiger partial charge in [-0.2, -0.15) is 0 Å². The fraction of sp³-hybridized carbons (Fsp3) is 0.455. The van der Waals surface area contributed by atoms with E-state index >= 15 is 0 Å². The summed E-state index contributed by atoms with van der Waals surface area (Å²) in [6.07, 6.45) is 0.989. The summed E-state index contributed by atoms with van der Waals surface area (Å²) in [5.74, 6) is 1.06. The highest BCUT2D eigenvalue weighted by molar-refractivity contribution is 5.91. The van der Waals surface area contributed by atoms with Crippen LogP contribution in [-0.2, 0) is 0 Å². The van der Waals surface area contributed by atoms with Crippen LogP contribution in [0.3, 0.4) is 0 Å². The minimum atomic E-state index is -0.233. The van der Waals surface area contributed by atoms with Crippen LogP contribution in [0.1, 0.15) is 22.7 Å². The van der Waals surface area contributed by atoms with Gasteiger partial charge in [0.2, 0.25) is 0 Å². The zero-order valence-corrected chi connectivity index (χ0v) is 17.1. The van der Waals surface area contributed by atoms with Crippen LogP contribution in [0.5, 0.6) is 0 Å². The Hall–Kier alpha value is -3.03. The monoisotopic (exact) mass is 414 g/mol. The number of aryl methyl sites for hydroxylation is 1. The van der Waals surface area contributed by atoms with E-state index in [9.17, 15) is 14.0 Å². The molecule has 8 heteroatoms. The molecule has 7 nitrogen and oxygen atoms in total. The van der Waals surface area contributed by atoms with Crippen LogP contribution < -0.4 is 10.2 Å². The number of halogens is 1. The number of hydrogen-bond acceptors (Lipinski definition) is 4. The molecule has 0 radical (unpaired) electrons. The van der Waals surface area contributed by atoms with Crippen molar-refractivity contribution in [3.63, 3.8) is 0 Å². The Bertz CT molecular complexity index is 890. The van der Waals surface area contributed by atoms with Crippen molar-refractivity contribution in [3.8, 4) is 0 Å². The Morgan fingerprint density at radius 1 is 1.03 bits per heavy atom. The average Bonchev–Trinajstić information content (AvgIpc) is 3.41. The number of benzene rings is 1. The summed E-state index contributed by atoms with van der Waals surface area (Å²) in [5, 5.41) is 3.03. The third kappa shape index (κ3) is 4.58. The first-order valence-corrected chi connectivity index (χ1v) is 10.4. The topological polar surface area (TPSA) is 69.0 Å². The summed E-state index contributed by atoms with van der Waals surface area (Å²) < 4.78 is 18.5. The largest absolute Gasteiger partial charge is 0.456 e. The van der Waals surface area contributed by atoms with E-state index in [1.54, 1.807) is 34.1 Å². The van der Waals surface area contributed by atoms with Crippen LogP contribution in [0.25, 0.3) is 0 Å². The van der Waals surface area contributed by atoms with Crippen molar-refractivity contribution in [1.82, 2.24) is 15.1 Å². The highest BCUT2D eigenvalue weighted by Gasteiger charge is 2.28. The van der Waals surface area contributed by atoms with E-state index in [-0.39, 0.29) is 17.8 Å². The molecule has 2 fully saturated rings. The second-order valence-corrected chi connectivity index (χ2v) is 7.95. The minimum Gasteiger partial charge on any atom is -0.456 e. The highest BCUT2D eigenvalue weighted by Crippen LogP contribution is 2.23. The summed E-state index contributed by atoms with van der Waals surface area (Å²) in [5.41, 5.74) is 1.01. The van der Waals surface area contributed by atoms with Crippen LogP contribution in [-0.4, -0.2) is 67.6 Å². The normalized spacial score (nSPS) is 19.3. The van der Waals surface area contributed by atoms with Crippen LogP contribution in [0.4, 0.5) is 14.9 Å². The fourth-order valence-electron chi connectivity index (χ4n) is 4.05. The molecule has 0 saturated carbocycles. The number of carbonyl (C=O) groups is 2. The van der Waals surface area contributed by atoms with Crippen molar-refractivity contribution in [1.29, 1.82) is 0 Å². The van der Waals surface area contributed by atoms with Crippen molar-refractivity contribution >= 4 is 17.6 Å². The molecule has 160 valence electrons. The molecule has 3 heterocycles. The van der Waals surface area contributed by atoms with Gasteiger partial charge in [-0.15, -0.1) is 0 Å². The Kier molecular flexibility index (Phi) is 5.92. The summed E-state index contributed by atoms with van der Waals surface area (Å²) in [4.78, 5) is 30.7. The second-order valence-electron chi connectivity index (χ2n) is 7.95. The van der Waals surface area contributed by atoms with E-state index in [0.717, 1.165) is 25.2 Å². The Morgan fingerprint density at radius 2 is 1.73 bits per heavy atom. The second kappa shape index (κ2) is 8.77. The summed E-state index contributed by atoms with van der Waals surface area (Å²) in [6.45, 7) is 6.16. The van der Waals surface area contributed by atoms with Gasteiger partial charge in [0, 0.05) is 51.5 Å². The number of hydrogen-bond donors (Lipinski definition) is 1. The molecular weight excluding hydrogens is 387 g/mol. The van der Waals surface area contributed by atoms with E-state index in [1.807, 2.05) is 6.92 Å². The Labute approximate surface area is 175 Å². The number of rotatable bonds is 4. The van der Waals surface area contributed by atoms with Gasteiger partial charge < -0.3 is 24.4 Å². The molecule has 2 aliphatic heterocycles. The quantitative estimate of drug-likeness (QED) is 0.835. The molecule has 2 aromatic rings. The van der Waals surface area contributed by atoms with E-state index in [0.29, 0.717) is 50.2 Å². The highest BCUT2D eigenvalue weighted by atomic mass is 19.1. The molecule has 0 aliphatic carbocycles. The number of carbonyl (C=O) groups excluding carboxylic acids is 2. The third-order valence-corrected chi connectivity index (χ3v) is 5.82. The van der Waals surface area contributed by atoms with Crippen molar-refractivity contribution in [3.05, 3.63) is 53.7 Å². The zero-order chi connectivity index (χ0) is 21.1. The molecule has 1 unspecified atom stereocenters. The number of nitrogens with one attached hydrogen (secondary N) is 1. The maximum Gasteiger partial charge on any atom is 0.317 e. The number of furan rings is 1. The van der Waals surface area contributed by atoms with E-state index in [4.69, 9.17) is 4.42 Å². The third-order valence-electron chi connectivity index (χ3n) is 5.82. The Balaban J connectivity index is 1.20. The van der Waals surface area contributed by atoms with Gasteiger partial charge in [0.05, 0.1) is 0 Å². The van der Waals surface area contributed by atoms with Crippen LogP contribution in [0, 0.1) is 18.7 Å². The lowest BCUT2D eigenvalue weighted by molar-refractivity contribution is 0.0632. The van der Waals surface area contributed by atoms with Crippen LogP contribution >= 0.6 is 0 Å². The van der Waals surface area contributed by atoms with Gasteiger partial charge in [0.15, 0.2) is 5.76 Å². The minimum absolute atomic E-state index is 0.0869. The molecular formula is C22H27FN4O3. The molecule has 4 rings (SSSR count). The van der Waals surface area contributed by atoms with Crippen molar-refractivity contribution in [2.45, 2.75) is 13.3 Å². The smallest absolute Gasteiger partial charge is 0.317 e. The van der Waals surface area contributed by atoms with Crippen molar-refractivity contribution < 1.29 is 18.4 Å². The lowest BCUT2D eigenvalue weighted by Crippen LogP contribution is -2.53. The maximum absolute atomic E-state index is 13.1. The van der Waals surface area contributed by atoms with Gasteiger partial charge >= 0.3 is 6.03 Å². The zero-order valence-electron chi connectivity index (χ0n) is 17.1. The predicted octanol–water partition coefficient (Wildman–Crippen LogP) is 2.72. The van der Waals surface area contributed by atoms with Gasteiger partial charge in [-0.25, -0.2) is 9.18 Å². The maximum atomic E-state index is 13.1. The Morgan fingerprint density at radius 3 is 2.40 bits per heavy atom. The molecule has 1 aromatic carbocycles. The van der Waals surface area contributed by atoms with E-state index in [1.165, 1.54) is 12.1 Å².